The van der Waals surface area contributed by atoms with Gasteiger partial charge in [-0.2, -0.15) is 0 Å². The average Bonchev–Trinajstić information content (AvgIpc) is 2.13. The minimum absolute atomic E-state index is 0.708. The van der Waals surface area contributed by atoms with Crippen molar-refractivity contribution < 1.29 is 28.2 Å². The van der Waals surface area contributed by atoms with Gasteiger partial charge in [-0.05, 0) is 20.8 Å². The predicted octanol–water partition coefficient (Wildman–Crippen LogP) is 1.23. The molecule has 7 nitrogen and oxygen atoms in total. The first-order valence-corrected chi connectivity index (χ1v) is 5.09. The second kappa shape index (κ2) is 6.40. The lowest BCUT2D eigenvalue weighted by Gasteiger charge is -2.21. The molecule has 92 valence electrons. The largest absolute Gasteiger partial charge is 0.466 e. The molecule has 0 aromatic carbocycles. The van der Waals surface area contributed by atoms with Gasteiger partial charge in [0.25, 0.3) is 0 Å². The Hall–Kier alpha value is -1.20. The summed E-state index contributed by atoms with van der Waals surface area (Å²) in [6.07, 6.45) is -2.33. The molecule has 1 unspecified atom stereocenters. The summed E-state index contributed by atoms with van der Waals surface area (Å²) in [6, 6.07) is 0. The van der Waals surface area contributed by atoms with Crippen LogP contribution < -0.4 is 5.32 Å². The number of hydrogen-bond donors (Lipinski definition) is 1. The molecule has 0 aliphatic rings. The number of rotatable bonds is 4. The van der Waals surface area contributed by atoms with E-state index < -0.39 is 32.6 Å². The van der Waals surface area contributed by atoms with Gasteiger partial charge >= 0.3 is 20.7 Å². The van der Waals surface area contributed by atoms with Crippen LogP contribution in [0.1, 0.15) is 20.8 Å². The minimum Gasteiger partial charge on any atom is -0.466 e. The number of carbonyl (C=O) groups is 2. The van der Waals surface area contributed by atoms with Crippen molar-refractivity contribution in [3.05, 3.63) is 0 Å². The number of nitrogens with one attached hydrogen (secondary N) is 1. The summed E-state index contributed by atoms with van der Waals surface area (Å²) in [6.45, 7) is 4.98. The third-order valence-electron chi connectivity index (χ3n) is 1.21. The third-order valence-corrected chi connectivity index (χ3v) is 1.51. The molecule has 0 rings (SSSR count). The van der Waals surface area contributed by atoms with E-state index in [1.807, 2.05) is 0 Å². The Kier molecular flexibility index (Phi) is 5.92. The van der Waals surface area contributed by atoms with Crippen LogP contribution in [0.5, 0.6) is 0 Å². The second-order valence-corrected chi connectivity index (χ2v) is 4.09. The zero-order valence-corrected chi connectivity index (χ0v) is 10.4. The fourth-order valence-corrected chi connectivity index (χ4v) is 0.918. The Bertz CT molecular complexity index is 274. The first-order valence-electron chi connectivity index (χ1n) is 4.36. The van der Waals surface area contributed by atoms with E-state index in [2.05, 4.69) is 14.6 Å². The smallest absolute Gasteiger partial charge is 0.410 e. The van der Waals surface area contributed by atoms with Crippen LogP contribution in [-0.2, 0) is 23.4 Å². The van der Waals surface area contributed by atoms with Crippen molar-refractivity contribution in [2.75, 3.05) is 7.11 Å². The second-order valence-electron chi connectivity index (χ2n) is 3.73. The quantitative estimate of drug-likeness (QED) is 0.459. The molecule has 0 heterocycles. The van der Waals surface area contributed by atoms with E-state index in [1.165, 1.54) is 0 Å². The molecule has 0 saturated carbocycles. The highest BCUT2D eigenvalue weighted by molar-refractivity contribution is 7.17. The summed E-state index contributed by atoms with van der Waals surface area (Å²) in [5, 5.41) is 2.06. The summed E-state index contributed by atoms with van der Waals surface area (Å²) < 4.78 is 23.8. The number of esters is 1. The van der Waals surface area contributed by atoms with Crippen molar-refractivity contribution >= 4 is 20.7 Å². The number of ether oxygens (including phenoxy) is 2. The number of amides is 1. The maximum Gasteiger partial charge on any atom is 0.410 e. The van der Waals surface area contributed by atoms with Crippen LogP contribution in [0, 0.1) is 0 Å². The van der Waals surface area contributed by atoms with Gasteiger partial charge in [0.05, 0.1) is 7.11 Å². The van der Waals surface area contributed by atoms with Gasteiger partial charge in [-0.3, -0.25) is 9.84 Å². The SMILES string of the molecule is COC(=O)C(NC(=O)OC(C)(C)C)OP=O. The van der Waals surface area contributed by atoms with Crippen molar-refractivity contribution in [2.45, 2.75) is 32.6 Å². The number of hydrogen-bond acceptors (Lipinski definition) is 6. The number of alkyl carbamates (subject to hydrolysis) is 1. The lowest BCUT2D eigenvalue weighted by Crippen LogP contribution is -2.44. The van der Waals surface area contributed by atoms with Gasteiger partial charge in [0.2, 0.25) is 6.23 Å². The van der Waals surface area contributed by atoms with Gasteiger partial charge in [-0.25, -0.2) is 14.2 Å². The maximum atomic E-state index is 11.2. The number of methoxy groups -OCH3 is 1. The topological polar surface area (TPSA) is 90.9 Å². The Labute approximate surface area is 94.7 Å². The Morgan fingerprint density at radius 1 is 1.31 bits per heavy atom. The molecule has 0 fully saturated rings. The van der Waals surface area contributed by atoms with E-state index in [0.29, 0.717) is 0 Å². The van der Waals surface area contributed by atoms with Gasteiger partial charge in [0, 0.05) is 0 Å². The summed E-state index contributed by atoms with van der Waals surface area (Å²) in [5.41, 5.74) is -0.708. The van der Waals surface area contributed by atoms with Gasteiger partial charge in [-0.15, -0.1) is 0 Å². The van der Waals surface area contributed by atoms with Crippen LogP contribution in [0.15, 0.2) is 0 Å². The van der Waals surface area contributed by atoms with Crippen LogP contribution in [0.25, 0.3) is 0 Å². The summed E-state index contributed by atoms with van der Waals surface area (Å²) in [4.78, 5) is 22.3. The van der Waals surface area contributed by atoms with Crippen LogP contribution >= 0.6 is 8.69 Å². The van der Waals surface area contributed by atoms with E-state index in [9.17, 15) is 14.2 Å². The van der Waals surface area contributed by atoms with Crippen molar-refractivity contribution in [3.63, 3.8) is 0 Å². The highest BCUT2D eigenvalue weighted by atomic mass is 31.1. The lowest BCUT2D eigenvalue weighted by molar-refractivity contribution is -0.149. The highest BCUT2D eigenvalue weighted by Gasteiger charge is 2.25. The molecule has 0 saturated heterocycles. The zero-order chi connectivity index (χ0) is 12.8. The Morgan fingerprint density at radius 3 is 2.25 bits per heavy atom. The molecule has 0 radical (unpaired) electrons. The van der Waals surface area contributed by atoms with Crippen LogP contribution in [0.4, 0.5) is 4.79 Å². The Balaban J connectivity index is 4.34. The molecule has 0 aliphatic carbocycles. The first kappa shape index (κ1) is 14.8. The maximum absolute atomic E-state index is 11.2. The normalized spacial score (nSPS) is 13.0. The highest BCUT2D eigenvalue weighted by Crippen LogP contribution is 2.08. The summed E-state index contributed by atoms with van der Waals surface area (Å²) in [5.74, 6) is -0.880. The molecule has 0 spiro atoms. The fraction of sp³-hybridized carbons (Fsp3) is 0.750. The molecule has 8 heteroatoms. The van der Waals surface area contributed by atoms with Crippen molar-refractivity contribution in [1.29, 1.82) is 0 Å². The van der Waals surface area contributed by atoms with Gasteiger partial charge in [0.15, 0.2) is 0 Å². The number of carbonyl (C=O) groups excluding carboxylic acids is 2. The molecule has 0 bridgehead atoms. The van der Waals surface area contributed by atoms with Gasteiger partial charge in [-0.1, -0.05) is 0 Å². The first-order chi connectivity index (χ1) is 7.30. The molecular weight excluding hydrogens is 237 g/mol. The minimum atomic E-state index is -1.46. The molecule has 1 amide bonds. The van der Waals surface area contributed by atoms with Crippen LogP contribution in [0.2, 0.25) is 0 Å². The fourth-order valence-electron chi connectivity index (χ4n) is 0.693. The standard InChI is InChI=1S/C8H14NO6P/c1-8(2,3)14-7(11)9-5(15-16-12)6(10)13-4/h5H,1-4H3,(H,9,11). The van der Waals surface area contributed by atoms with Crippen LogP contribution in [-0.4, -0.2) is 31.0 Å². The lowest BCUT2D eigenvalue weighted by atomic mass is 10.2. The van der Waals surface area contributed by atoms with E-state index in [1.54, 1.807) is 20.8 Å². The monoisotopic (exact) mass is 251 g/mol. The molecule has 0 aromatic heterocycles. The molecule has 0 aliphatic heterocycles. The summed E-state index contributed by atoms with van der Waals surface area (Å²) in [7, 11) is 0.355. The predicted molar refractivity (Wildman–Crippen MR) is 53.9 cm³/mol. The van der Waals surface area contributed by atoms with Gasteiger partial charge < -0.3 is 9.47 Å². The van der Waals surface area contributed by atoms with Crippen molar-refractivity contribution in [3.8, 4) is 0 Å². The van der Waals surface area contributed by atoms with E-state index >= 15 is 0 Å². The molecular formula is C8H14NO6P. The van der Waals surface area contributed by atoms with E-state index in [0.717, 1.165) is 7.11 Å². The van der Waals surface area contributed by atoms with E-state index in [-0.39, 0.29) is 0 Å². The van der Waals surface area contributed by atoms with Crippen molar-refractivity contribution in [1.82, 2.24) is 5.32 Å². The van der Waals surface area contributed by atoms with Gasteiger partial charge in [0.1, 0.15) is 5.60 Å². The molecule has 1 N–H and O–H groups in total. The molecule has 0 aromatic rings. The van der Waals surface area contributed by atoms with Crippen LogP contribution in [0.3, 0.4) is 0 Å². The summed E-state index contributed by atoms with van der Waals surface area (Å²) >= 11 is 0. The zero-order valence-electron chi connectivity index (χ0n) is 9.47. The van der Waals surface area contributed by atoms with E-state index in [4.69, 9.17) is 4.74 Å². The third kappa shape index (κ3) is 6.31. The molecule has 1 atom stereocenters. The Morgan fingerprint density at radius 2 is 1.88 bits per heavy atom. The molecule has 16 heavy (non-hydrogen) atoms. The average molecular weight is 251 g/mol. The van der Waals surface area contributed by atoms with Crippen molar-refractivity contribution in [2.24, 2.45) is 0 Å².